The number of carbonyl (C=O) groups is 2. The van der Waals surface area contributed by atoms with Crippen LogP contribution in [0.3, 0.4) is 0 Å². The molecule has 2 amide bonds. The van der Waals surface area contributed by atoms with Crippen molar-refractivity contribution in [1.29, 1.82) is 0 Å². The molecule has 2 aromatic heterocycles. The fourth-order valence-electron chi connectivity index (χ4n) is 3.25. The Labute approximate surface area is 171 Å². The van der Waals surface area contributed by atoms with Gasteiger partial charge in [-0.25, -0.2) is 0 Å². The largest absolute Gasteiger partial charge is 0.349 e. The highest BCUT2D eigenvalue weighted by Gasteiger charge is 2.24. The van der Waals surface area contributed by atoms with Gasteiger partial charge < -0.3 is 14.7 Å². The summed E-state index contributed by atoms with van der Waals surface area (Å²) in [4.78, 5) is 34.9. The highest BCUT2D eigenvalue weighted by atomic mass is 16.5. The smallest absolute Gasteiger partial charge is 0.253 e. The van der Waals surface area contributed by atoms with Crippen molar-refractivity contribution in [2.24, 2.45) is 0 Å². The molecular formula is C21H29N5O3. The van der Waals surface area contributed by atoms with Crippen LogP contribution in [0.25, 0.3) is 0 Å². The lowest BCUT2D eigenvalue weighted by molar-refractivity contribution is -0.132. The average molecular weight is 399 g/mol. The van der Waals surface area contributed by atoms with E-state index in [0.717, 1.165) is 12.8 Å². The first-order valence-electron chi connectivity index (χ1n) is 10.1. The van der Waals surface area contributed by atoms with Crippen molar-refractivity contribution >= 4 is 11.8 Å². The van der Waals surface area contributed by atoms with E-state index in [9.17, 15) is 9.59 Å². The van der Waals surface area contributed by atoms with Gasteiger partial charge in [-0.05, 0) is 31.4 Å². The summed E-state index contributed by atoms with van der Waals surface area (Å²) in [6.07, 6.45) is 6.46. The van der Waals surface area contributed by atoms with E-state index in [2.05, 4.69) is 20.4 Å². The van der Waals surface area contributed by atoms with Gasteiger partial charge in [0.05, 0.1) is 5.56 Å². The predicted molar refractivity (Wildman–Crippen MR) is 107 cm³/mol. The zero-order valence-corrected chi connectivity index (χ0v) is 17.4. The third-order valence-electron chi connectivity index (χ3n) is 5.03. The van der Waals surface area contributed by atoms with Crippen LogP contribution in [0.4, 0.5) is 0 Å². The van der Waals surface area contributed by atoms with Crippen LogP contribution in [0.15, 0.2) is 29.0 Å². The van der Waals surface area contributed by atoms with Crippen LogP contribution in [-0.4, -0.2) is 51.0 Å². The molecule has 3 heterocycles. The van der Waals surface area contributed by atoms with E-state index in [1.54, 1.807) is 24.5 Å². The van der Waals surface area contributed by atoms with E-state index in [1.165, 1.54) is 0 Å². The molecule has 0 aromatic carbocycles. The first kappa shape index (κ1) is 21.0. The predicted octanol–water partition coefficient (Wildman–Crippen LogP) is 2.51. The Morgan fingerprint density at radius 3 is 2.66 bits per heavy atom. The quantitative estimate of drug-likeness (QED) is 0.801. The molecule has 0 bridgehead atoms. The molecule has 29 heavy (non-hydrogen) atoms. The number of hydrogen-bond acceptors (Lipinski definition) is 6. The Morgan fingerprint density at radius 1 is 1.28 bits per heavy atom. The summed E-state index contributed by atoms with van der Waals surface area (Å²) in [5.41, 5.74) is 0.413. The maximum atomic E-state index is 12.5. The maximum absolute atomic E-state index is 12.5. The van der Waals surface area contributed by atoms with Gasteiger partial charge in [-0.3, -0.25) is 14.6 Å². The monoisotopic (exact) mass is 399 g/mol. The van der Waals surface area contributed by atoms with E-state index in [4.69, 9.17) is 4.52 Å². The normalized spacial score (nSPS) is 15.3. The topological polar surface area (TPSA) is 101 Å². The third kappa shape index (κ3) is 5.85. The summed E-state index contributed by atoms with van der Waals surface area (Å²) in [6, 6.07) is 3.57. The van der Waals surface area contributed by atoms with Crippen molar-refractivity contribution in [3.8, 4) is 0 Å². The second-order valence-corrected chi connectivity index (χ2v) is 8.49. The number of aryl methyl sites for hydroxylation is 1. The zero-order valence-electron chi connectivity index (χ0n) is 17.4. The van der Waals surface area contributed by atoms with Crippen LogP contribution < -0.4 is 5.32 Å². The molecule has 2 aromatic rings. The molecule has 0 radical (unpaired) electrons. The summed E-state index contributed by atoms with van der Waals surface area (Å²) >= 11 is 0. The molecule has 0 spiro atoms. The standard InChI is InChI=1S/C21H29N5O3/c1-21(2,3)20-24-17(29-25-20)7-4-8-18(27)26-12-9-16(10-13-26)23-19(28)15-6-5-11-22-14-15/h5-6,11,14,16H,4,7-10,12-13H2,1-3H3,(H,23,28). The van der Waals surface area contributed by atoms with Gasteiger partial charge in [-0.2, -0.15) is 4.98 Å². The molecule has 8 heteroatoms. The number of piperidine rings is 1. The van der Waals surface area contributed by atoms with Gasteiger partial charge in [0, 0.05) is 49.8 Å². The second kappa shape index (κ2) is 9.15. The Hall–Kier alpha value is -2.77. The van der Waals surface area contributed by atoms with Crippen molar-refractivity contribution < 1.29 is 14.1 Å². The van der Waals surface area contributed by atoms with Crippen LogP contribution in [0.1, 0.15) is 68.5 Å². The van der Waals surface area contributed by atoms with Crippen molar-refractivity contribution in [3.05, 3.63) is 41.8 Å². The number of nitrogens with one attached hydrogen (secondary N) is 1. The zero-order chi connectivity index (χ0) is 20.9. The molecule has 3 rings (SSSR count). The minimum Gasteiger partial charge on any atom is -0.349 e. The molecule has 156 valence electrons. The van der Waals surface area contributed by atoms with Crippen LogP contribution >= 0.6 is 0 Å². The lowest BCUT2D eigenvalue weighted by Gasteiger charge is -2.32. The highest BCUT2D eigenvalue weighted by molar-refractivity contribution is 5.94. The van der Waals surface area contributed by atoms with E-state index >= 15 is 0 Å². The molecule has 0 aliphatic carbocycles. The fraction of sp³-hybridized carbons (Fsp3) is 0.571. The fourth-order valence-corrected chi connectivity index (χ4v) is 3.25. The summed E-state index contributed by atoms with van der Waals surface area (Å²) in [7, 11) is 0. The summed E-state index contributed by atoms with van der Waals surface area (Å²) in [5, 5.41) is 7.04. The molecule has 0 unspecified atom stereocenters. The molecular weight excluding hydrogens is 370 g/mol. The van der Waals surface area contributed by atoms with E-state index < -0.39 is 0 Å². The summed E-state index contributed by atoms with van der Waals surface area (Å²) < 4.78 is 5.28. The second-order valence-electron chi connectivity index (χ2n) is 8.49. The van der Waals surface area contributed by atoms with E-state index in [-0.39, 0.29) is 23.3 Å². The van der Waals surface area contributed by atoms with Gasteiger partial charge in [0.1, 0.15) is 0 Å². The molecule has 1 fully saturated rings. The SMILES string of the molecule is CC(C)(C)c1noc(CCCC(=O)N2CCC(NC(=O)c3cccnc3)CC2)n1. The van der Waals surface area contributed by atoms with Gasteiger partial charge >= 0.3 is 0 Å². The lowest BCUT2D eigenvalue weighted by atomic mass is 9.96. The van der Waals surface area contributed by atoms with Crippen molar-refractivity contribution in [2.45, 2.75) is 64.3 Å². The highest BCUT2D eigenvalue weighted by Crippen LogP contribution is 2.19. The van der Waals surface area contributed by atoms with Crippen LogP contribution in [0.2, 0.25) is 0 Å². The lowest BCUT2D eigenvalue weighted by Crippen LogP contribution is -2.46. The molecule has 1 N–H and O–H groups in total. The minimum absolute atomic E-state index is 0.0842. The molecule has 1 aliphatic rings. The first-order chi connectivity index (χ1) is 13.8. The Kier molecular flexibility index (Phi) is 6.61. The Balaban J connectivity index is 1.37. The van der Waals surface area contributed by atoms with Crippen molar-refractivity contribution in [1.82, 2.24) is 25.3 Å². The number of carbonyl (C=O) groups excluding carboxylic acids is 2. The van der Waals surface area contributed by atoms with Crippen LogP contribution in [0, 0.1) is 0 Å². The van der Waals surface area contributed by atoms with Crippen molar-refractivity contribution in [2.75, 3.05) is 13.1 Å². The Bertz CT molecular complexity index is 820. The number of likely N-dealkylation sites (tertiary alicyclic amines) is 1. The molecule has 0 atom stereocenters. The molecule has 8 nitrogen and oxygen atoms in total. The number of nitrogens with zero attached hydrogens (tertiary/aromatic N) is 4. The number of hydrogen-bond donors (Lipinski definition) is 1. The van der Waals surface area contributed by atoms with Gasteiger partial charge in [-0.15, -0.1) is 0 Å². The van der Waals surface area contributed by atoms with Gasteiger partial charge in [0.15, 0.2) is 5.82 Å². The van der Waals surface area contributed by atoms with E-state index in [0.29, 0.717) is 49.6 Å². The van der Waals surface area contributed by atoms with Crippen LogP contribution in [-0.2, 0) is 16.6 Å². The van der Waals surface area contributed by atoms with Crippen LogP contribution in [0.5, 0.6) is 0 Å². The first-order valence-corrected chi connectivity index (χ1v) is 10.1. The molecule has 1 saturated heterocycles. The number of amides is 2. The summed E-state index contributed by atoms with van der Waals surface area (Å²) in [6.45, 7) is 7.42. The minimum atomic E-state index is -0.144. The third-order valence-corrected chi connectivity index (χ3v) is 5.03. The Morgan fingerprint density at radius 2 is 2.03 bits per heavy atom. The van der Waals surface area contributed by atoms with Gasteiger partial charge in [0.25, 0.3) is 5.91 Å². The number of aromatic nitrogens is 3. The van der Waals surface area contributed by atoms with Crippen molar-refractivity contribution in [3.63, 3.8) is 0 Å². The molecule has 0 saturated carbocycles. The summed E-state index contributed by atoms with van der Waals surface area (Å²) in [5.74, 6) is 1.29. The van der Waals surface area contributed by atoms with Gasteiger partial charge in [-0.1, -0.05) is 25.9 Å². The number of pyridine rings is 1. The maximum Gasteiger partial charge on any atom is 0.253 e. The molecule has 1 aliphatic heterocycles. The average Bonchev–Trinajstić information content (AvgIpc) is 3.18. The number of rotatable bonds is 6. The van der Waals surface area contributed by atoms with E-state index in [1.807, 2.05) is 25.7 Å². The van der Waals surface area contributed by atoms with Gasteiger partial charge in [0.2, 0.25) is 11.8 Å².